The summed E-state index contributed by atoms with van der Waals surface area (Å²) in [4.78, 5) is 0. The van der Waals surface area contributed by atoms with Gasteiger partial charge < -0.3 is 10.5 Å². The van der Waals surface area contributed by atoms with Crippen LogP contribution >= 0.6 is 15.9 Å². The van der Waals surface area contributed by atoms with Gasteiger partial charge in [0.2, 0.25) is 0 Å². The van der Waals surface area contributed by atoms with Crippen molar-refractivity contribution >= 4 is 15.9 Å². The molecule has 0 amide bonds. The Balaban J connectivity index is 2.61. The minimum atomic E-state index is 0.496. The Hall–Kier alpha value is -0.800. The molecule has 2 N–H and O–H groups in total. The molecular weight excluding hydrogens is 254 g/mol. The molecular formula is C12H16BrNO. The molecule has 0 unspecified atom stereocenters. The van der Waals surface area contributed by atoms with Gasteiger partial charge in [-0.2, -0.15) is 0 Å². The zero-order chi connectivity index (χ0) is 11.1. The summed E-state index contributed by atoms with van der Waals surface area (Å²) in [6.07, 6.45) is 3.85. The predicted octanol–water partition coefficient (Wildman–Crippen LogP) is 3.25. The van der Waals surface area contributed by atoms with Crippen molar-refractivity contribution < 1.29 is 4.74 Å². The van der Waals surface area contributed by atoms with E-state index >= 15 is 0 Å². The maximum absolute atomic E-state index is 5.69. The molecule has 0 bridgehead atoms. The summed E-state index contributed by atoms with van der Waals surface area (Å²) in [6.45, 7) is 4.86. The Bertz CT molecular complexity index is 325. The van der Waals surface area contributed by atoms with Crippen molar-refractivity contribution in [2.75, 3.05) is 6.61 Å². The number of unbranched alkanes of at least 4 members (excludes halogenated alkanes) is 1. The first-order valence-electron chi connectivity index (χ1n) is 5.00. The Labute approximate surface area is 99.3 Å². The van der Waals surface area contributed by atoms with Gasteiger partial charge in [-0.05, 0) is 34.8 Å². The molecule has 0 heterocycles. The largest absolute Gasteiger partial charge is 0.492 e. The van der Waals surface area contributed by atoms with Crippen LogP contribution in [0.3, 0.4) is 0 Å². The van der Waals surface area contributed by atoms with Crippen LogP contribution in [0.15, 0.2) is 35.3 Å². The molecule has 0 radical (unpaired) electrons. The highest BCUT2D eigenvalue weighted by Gasteiger charge is 2.05. The lowest BCUT2D eigenvalue weighted by Gasteiger charge is -2.11. The summed E-state index contributed by atoms with van der Waals surface area (Å²) < 4.78 is 6.65. The second-order valence-corrected chi connectivity index (χ2v) is 4.07. The normalized spacial score (nSPS) is 10.0. The van der Waals surface area contributed by atoms with Crippen LogP contribution in [0.25, 0.3) is 0 Å². The molecule has 1 aromatic rings. The average Bonchev–Trinajstić information content (AvgIpc) is 2.26. The van der Waals surface area contributed by atoms with Crippen molar-refractivity contribution in [2.45, 2.75) is 19.4 Å². The van der Waals surface area contributed by atoms with Crippen LogP contribution in [-0.4, -0.2) is 6.61 Å². The van der Waals surface area contributed by atoms with Crippen LogP contribution in [0.5, 0.6) is 5.75 Å². The Morgan fingerprint density at radius 1 is 1.47 bits per heavy atom. The second-order valence-electron chi connectivity index (χ2n) is 3.21. The van der Waals surface area contributed by atoms with Gasteiger partial charge in [0.15, 0.2) is 0 Å². The molecule has 1 rings (SSSR count). The first-order chi connectivity index (χ1) is 7.29. The van der Waals surface area contributed by atoms with Crippen LogP contribution in [-0.2, 0) is 6.54 Å². The zero-order valence-electron chi connectivity index (χ0n) is 8.71. The first-order valence-corrected chi connectivity index (χ1v) is 5.80. The lowest BCUT2D eigenvalue weighted by molar-refractivity contribution is 0.307. The highest BCUT2D eigenvalue weighted by Crippen LogP contribution is 2.28. The van der Waals surface area contributed by atoms with Crippen LogP contribution in [0.1, 0.15) is 18.4 Å². The quantitative estimate of drug-likeness (QED) is 0.636. The van der Waals surface area contributed by atoms with E-state index in [0.29, 0.717) is 13.2 Å². The van der Waals surface area contributed by atoms with E-state index in [-0.39, 0.29) is 0 Å². The van der Waals surface area contributed by atoms with Gasteiger partial charge in [0, 0.05) is 12.1 Å². The van der Waals surface area contributed by atoms with Crippen molar-refractivity contribution in [3.8, 4) is 5.75 Å². The van der Waals surface area contributed by atoms with E-state index in [9.17, 15) is 0 Å². The Morgan fingerprint density at radius 3 is 2.93 bits per heavy atom. The summed E-state index contributed by atoms with van der Waals surface area (Å²) >= 11 is 3.46. The monoisotopic (exact) mass is 269 g/mol. The van der Waals surface area contributed by atoms with Crippen LogP contribution in [0, 0.1) is 0 Å². The number of benzene rings is 1. The minimum Gasteiger partial charge on any atom is -0.492 e. The third kappa shape index (κ3) is 3.68. The van der Waals surface area contributed by atoms with Crippen molar-refractivity contribution in [3.63, 3.8) is 0 Å². The molecule has 0 aliphatic rings. The van der Waals surface area contributed by atoms with E-state index in [0.717, 1.165) is 28.6 Å². The minimum absolute atomic E-state index is 0.496. The number of halogens is 1. The van der Waals surface area contributed by atoms with Crippen molar-refractivity contribution in [2.24, 2.45) is 5.73 Å². The van der Waals surface area contributed by atoms with E-state index in [1.54, 1.807) is 0 Å². The maximum Gasteiger partial charge on any atom is 0.137 e. The lowest BCUT2D eigenvalue weighted by Crippen LogP contribution is -2.04. The number of rotatable bonds is 6. The molecule has 0 atom stereocenters. The molecule has 0 saturated carbocycles. The van der Waals surface area contributed by atoms with E-state index in [4.69, 9.17) is 10.5 Å². The third-order valence-electron chi connectivity index (χ3n) is 2.07. The fourth-order valence-electron chi connectivity index (χ4n) is 1.28. The molecule has 2 nitrogen and oxygen atoms in total. The summed E-state index contributed by atoms with van der Waals surface area (Å²) in [7, 11) is 0. The number of nitrogens with two attached hydrogens (primary N) is 1. The Kier molecular flexibility index (Phi) is 5.43. The van der Waals surface area contributed by atoms with Gasteiger partial charge in [0.05, 0.1) is 11.1 Å². The number of hydrogen-bond acceptors (Lipinski definition) is 2. The summed E-state index contributed by atoms with van der Waals surface area (Å²) in [5.41, 5.74) is 6.66. The first kappa shape index (κ1) is 12.3. The molecule has 15 heavy (non-hydrogen) atoms. The topological polar surface area (TPSA) is 35.2 Å². The molecule has 0 aliphatic carbocycles. The van der Waals surface area contributed by atoms with Gasteiger partial charge in [0.25, 0.3) is 0 Å². The van der Waals surface area contributed by atoms with Crippen molar-refractivity contribution in [1.82, 2.24) is 0 Å². The SMILES string of the molecule is C=CCCCOc1c(Br)cccc1CN. The van der Waals surface area contributed by atoms with Crippen molar-refractivity contribution in [3.05, 3.63) is 40.9 Å². The number of hydrogen-bond donors (Lipinski definition) is 1. The Morgan fingerprint density at radius 2 is 2.27 bits per heavy atom. The number of para-hydroxylation sites is 1. The molecule has 0 fully saturated rings. The highest BCUT2D eigenvalue weighted by atomic mass is 79.9. The fourth-order valence-corrected chi connectivity index (χ4v) is 1.80. The van der Waals surface area contributed by atoms with Gasteiger partial charge >= 0.3 is 0 Å². The smallest absolute Gasteiger partial charge is 0.137 e. The molecule has 0 spiro atoms. The lowest BCUT2D eigenvalue weighted by atomic mass is 10.2. The van der Waals surface area contributed by atoms with Gasteiger partial charge in [0.1, 0.15) is 5.75 Å². The second kappa shape index (κ2) is 6.64. The average molecular weight is 270 g/mol. The summed E-state index contributed by atoms with van der Waals surface area (Å²) in [5, 5.41) is 0. The molecule has 0 aromatic heterocycles. The maximum atomic E-state index is 5.69. The van der Waals surface area contributed by atoms with E-state index in [1.165, 1.54) is 0 Å². The van der Waals surface area contributed by atoms with Crippen LogP contribution < -0.4 is 10.5 Å². The van der Waals surface area contributed by atoms with Gasteiger partial charge in [-0.25, -0.2) is 0 Å². The molecule has 3 heteroatoms. The van der Waals surface area contributed by atoms with Crippen molar-refractivity contribution in [1.29, 1.82) is 0 Å². The summed E-state index contributed by atoms with van der Waals surface area (Å²) in [6, 6.07) is 5.90. The standard InChI is InChI=1S/C12H16BrNO/c1-2-3-4-8-15-12-10(9-14)6-5-7-11(12)13/h2,5-7H,1,3-4,8-9,14H2. The van der Waals surface area contributed by atoms with E-state index in [1.807, 2.05) is 24.3 Å². The van der Waals surface area contributed by atoms with Crippen LogP contribution in [0.4, 0.5) is 0 Å². The van der Waals surface area contributed by atoms with Gasteiger partial charge in [-0.1, -0.05) is 18.2 Å². The molecule has 0 saturated heterocycles. The molecule has 1 aromatic carbocycles. The third-order valence-corrected chi connectivity index (χ3v) is 2.69. The zero-order valence-corrected chi connectivity index (χ0v) is 10.3. The van der Waals surface area contributed by atoms with E-state index in [2.05, 4.69) is 22.5 Å². The van der Waals surface area contributed by atoms with Crippen LogP contribution in [0.2, 0.25) is 0 Å². The predicted molar refractivity (Wildman–Crippen MR) is 67.0 cm³/mol. The number of allylic oxidation sites excluding steroid dienone is 1. The van der Waals surface area contributed by atoms with Gasteiger partial charge in [-0.3, -0.25) is 0 Å². The number of ether oxygens (including phenoxy) is 1. The molecule has 82 valence electrons. The highest BCUT2D eigenvalue weighted by molar-refractivity contribution is 9.10. The fraction of sp³-hybridized carbons (Fsp3) is 0.333. The summed E-state index contributed by atoms with van der Waals surface area (Å²) in [5.74, 6) is 0.865. The van der Waals surface area contributed by atoms with Gasteiger partial charge in [-0.15, -0.1) is 6.58 Å². The molecule has 0 aliphatic heterocycles. The van der Waals surface area contributed by atoms with E-state index < -0.39 is 0 Å².